The number of likely N-dealkylation sites (N-methyl/N-ethyl adjacent to an activating group) is 1. The van der Waals surface area contributed by atoms with Gasteiger partial charge in [0.05, 0.1) is 17.2 Å². The summed E-state index contributed by atoms with van der Waals surface area (Å²) >= 11 is 17.2. The number of methoxy groups -OCH3 is 1. The van der Waals surface area contributed by atoms with Gasteiger partial charge < -0.3 is 14.1 Å². The third-order valence-corrected chi connectivity index (χ3v) is 5.20. The second-order valence-corrected chi connectivity index (χ2v) is 6.85. The van der Waals surface area contributed by atoms with Gasteiger partial charge in [-0.1, -0.05) is 23.2 Å². The van der Waals surface area contributed by atoms with Crippen molar-refractivity contribution in [3.63, 3.8) is 0 Å². The first-order valence-electron chi connectivity index (χ1n) is 7.75. The number of amides is 1. The van der Waals surface area contributed by atoms with Crippen molar-refractivity contribution in [2.75, 3.05) is 20.7 Å². The minimum absolute atomic E-state index is 0.216. The summed E-state index contributed by atoms with van der Waals surface area (Å²) in [5.74, 6) is 0.0668. The van der Waals surface area contributed by atoms with E-state index in [0.717, 1.165) is 5.56 Å². The van der Waals surface area contributed by atoms with Gasteiger partial charge in [-0.2, -0.15) is 0 Å². The van der Waals surface area contributed by atoms with Gasteiger partial charge in [0, 0.05) is 18.7 Å². The number of carbonyl (C=O) groups excluding carboxylic acids is 2. The molecule has 1 aliphatic rings. The lowest BCUT2D eigenvalue weighted by molar-refractivity contribution is -0.143. The van der Waals surface area contributed by atoms with Crippen LogP contribution in [0.15, 0.2) is 40.4 Å². The molecule has 2 heterocycles. The Morgan fingerprint density at radius 2 is 2.00 bits per heavy atom. The number of rotatable bonds is 4. The number of thiocarbonyl (C=S) groups is 1. The number of nitrogens with zero attached hydrogens (tertiary/aromatic N) is 2. The Bertz CT molecular complexity index is 970. The molecule has 27 heavy (non-hydrogen) atoms. The summed E-state index contributed by atoms with van der Waals surface area (Å²) in [6.45, 7) is -0.247. The van der Waals surface area contributed by atoms with Crippen LogP contribution in [0.25, 0.3) is 17.4 Å². The van der Waals surface area contributed by atoms with E-state index >= 15 is 0 Å². The molecular formula is C18H14Cl2N2O4S. The molecule has 0 saturated carbocycles. The topological polar surface area (TPSA) is 63.0 Å². The Kier molecular flexibility index (Phi) is 5.55. The molecule has 0 aliphatic carbocycles. The number of hydrogen-bond acceptors (Lipinski definition) is 5. The summed E-state index contributed by atoms with van der Waals surface area (Å²) in [7, 11) is 2.89. The lowest BCUT2D eigenvalue weighted by atomic mass is 10.2. The molecule has 1 fully saturated rings. The summed E-state index contributed by atoms with van der Waals surface area (Å²) in [6, 6.07) is 8.63. The molecule has 0 radical (unpaired) electrons. The maximum absolute atomic E-state index is 12.6. The van der Waals surface area contributed by atoms with Crippen LogP contribution in [-0.2, 0) is 14.3 Å². The highest BCUT2D eigenvalue weighted by atomic mass is 35.5. The van der Waals surface area contributed by atoms with E-state index in [2.05, 4.69) is 4.74 Å². The van der Waals surface area contributed by atoms with Crippen LogP contribution in [0.3, 0.4) is 0 Å². The van der Waals surface area contributed by atoms with Crippen molar-refractivity contribution >= 4 is 58.5 Å². The highest BCUT2D eigenvalue weighted by molar-refractivity contribution is 7.80. The average Bonchev–Trinajstić information content (AvgIpc) is 3.19. The normalized spacial score (nSPS) is 15.8. The number of furan rings is 1. The summed E-state index contributed by atoms with van der Waals surface area (Å²) in [4.78, 5) is 26.8. The van der Waals surface area contributed by atoms with E-state index in [0.29, 0.717) is 27.3 Å². The number of halogens is 2. The molecule has 3 rings (SSSR count). The molecule has 1 saturated heterocycles. The summed E-state index contributed by atoms with van der Waals surface area (Å²) in [5, 5.41) is 1.08. The number of carbonyl (C=O) groups is 2. The third kappa shape index (κ3) is 3.85. The van der Waals surface area contributed by atoms with E-state index in [1.165, 1.54) is 16.9 Å². The Morgan fingerprint density at radius 1 is 1.26 bits per heavy atom. The SMILES string of the molecule is COC(=O)CN1C(=O)/C(=C/c2ccc(-c3ccc(Cl)c(Cl)c3)o2)N(C)C1=S. The molecule has 0 atom stereocenters. The largest absolute Gasteiger partial charge is 0.468 e. The molecule has 9 heteroatoms. The molecule has 0 bridgehead atoms. The second kappa shape index (κ2) is 7.72. The van der Waals surface area contributed by atoms with E-state index in [9.17, 15) is 9.59 Å². The van der Waals surface area contributed by atoms with Gasteiger partial charge in [0.15, 0.2) is 5.11 Å². The van der Waals surface area contributed by atoms with Crippen molar-refractivity contribution in [1.82, 2.24) is 9.80 Å². The molecule has 1 aliphatic heterocycles. The fourth-order valence-corrected chi connectivity index (χ4v) is 3.06. The maximum atomic E-state index is 12.6. The number of esters is 1. The van der Waals surface area contributed by atoms with Crippen LogP contribution in [0.4, 0.5) is 0 Å². The number of ether oxygens (including phenoxy) is 1. The van der Waals surface area contributed by atoms with Crippen molar-refractivity contribution in [3.8, 4) is 11.3 Å². The fraction of sp³-hybridized carbons (Fsp3) is 0.167. The standard InChI is InChI=1S/C18H14Cl2N2O4S/c1-21-14(17(24)22(18(21)27)9-16(23)25-2)8-11-4-6-15(26-11)10-3-5-12(19)13(20)7-10/h3-8H,9H2,1-2H3/b14-8-. The first kappa shape index (κ1) is 19.4. The molecule has 2 aromatic rings. The van der Waals surface area contributed by atoms with Crippen LogP contribution in [0, 0.1) is 0 Å². The predicted molar refractivity (Wildman–Crippen MR) is 106 cm³/mol. The van der Waals surface area contributed by atoms with Gasteiger partial charge in [-0.3, -0.25) is 14.5 Å². The Hall–Kier alpha value is -2.35. The highest BCUT2D eigenvalue weighted by Gasteiger charge is 2.37. The van der Waals surface area contributed by atoms with E-state index < -0.39 is 11.9 Å². The zero-order chi connectivity index (χ0) is 19.7. The van der Waals surface area contributed by atoms with Crippen LogP contribution in [0.5, 0.6) is 0 Å². The van der Waals surface area contributed by atoms with Crippen LogP contribution < -0.4 is 0 Å². The minimum Gasteiger partial charge on any atom is -0.468 e. The monoisotopic (exact) mass is 424 g/mol. The quantitative estimate of drug-likeness (QED) is 0.422. The molecule has 140 valence electrons. The molecule has 1 aromatic carbocycles. The fourth-order valence-electron chi connectivity index (χ4n) is 2.51. The van der Waals surface area contributed by atoms with Crippen molar-refractivity contribution < 1.29 is 18.7 Å². The van der Waals surface area contributed by atoms with E-state index in [1.807, 2.05) is 0 Å². The first-order valence-corrected chi connectivity index (χ1v) is 8.91. The van der Waals surface area contributed by atoms with Crippen molar-refractivity contribution in [1.29, 1.82) is 0 Å². The van der Waals surface area contributed by atoms with Crippen molar-refractivity contribution in [2.45, 2.75) is 0 Å². The second-order valence-electron chi connectivity index (χ2n) is 5.67. The average molecular weight is 425 g/mol. The smallest absolute Gasteiger partial charge is 0.325 e. The van der Waals surface area contributed by atoms with Gasteiger partial charge in [-0.05, 0) is 42.5 Å². The van der Waals surface area contributed by atoms with Gasteiger partial charge in [0.25, 0.3) is 5.91 Å². The van der Waals surface area contributed by atoms with Crippen LogP contribution in [-0.4, -0.2) is 47.5 Å². The van der Waals surface area contributed by atoms with Gasteiger partial charge in [-0.25, -0.2) is 0 Å². The molecule has 6 nitrogen and oxygen atoms in total. The molecule has 1 amide bonds. The molecular weight excluding hydrogens is 411 g/mol. The van der Waals surface area contributed by atoms with Crippen molar-refractivity contribution in [3.05, 3.63) is 51.8 Å². The van der Waals surface area contributed by atoms with Crippen LogP contribution >= 0.6 is 35.4 Å². The van der Waals surface area contributed by atoms with Gasteiger partial charge >= 0.3 is 5.97 Å². The highest BCUT2D eigenvalue weighted by Crippen LogP contribution is 2.30. The summed E-state index contributed by atoms with van der Waals surface area (Å²) < 4.78 is 10.4. The van der Waals surface area contributed by atoms with Crippen molar-refractivity contribution in [2.24, 2.45) is 0 Å². The Balaban J connectivity index is 1.87. The zero-order valence-corrected chi connectivity index (χ0v) is 16.7. The van der Waals surface area contributed by atoms with Crippen LogP contribution in [0.2, 0.25) is 10.0 Å². The third-order valence-electron chi connectivity index (χ3n) is 3.97. The van der Waals surface area contributed by atoms with Gasteiger partial charge in [0.2, 0.25) is 0 Å². The Morgan fingerprint density at radius 3 is 2.67 bits per heavy atom. The lowest BCUT2D eigenvalue weighted by Gasteiger charge is -2.14. The number of hydrogen-bond donors (Lipinski definition) is 0. The van der Waals surface area contributed by atoms with E-state index in [4.69, 9.17) is 39.8 Å². The first-order chi connectivity index (χ1) is 12.8. The molecule has 0 spiro atoms. The zero-order valence-electron chi connectivity index (χ0n) is 14.4. The summed E-state index contributed by atoms with van der Waals surface area (Å²) in [6.07, 6.45) is 1.56. The predicted octanol–water partition coefficient (Wildman–Crippen LogP) is 3.83. The summed E-state index contributed by atoms with van der Waals surface area (Å²) in [5.41, 5.74) is 1.04. The van der Waals surface area contributed by atoms with Gasteiger partial charge in [0.1, 0.15) is 23.8 Å². The molecule has 0 unspecified atom stereocenters. The number of benzene rings is 1. The van der Waals surface area contributed by atoms with Gasteiger partial charge in [-0.15, -0.1) is 0 Å². The molecule has 1 aromatic heterocycles. The maximum Gasteiger partial charge on any atom is 0.325 e. The minimum atomic E-state index is -0.555. The lowest BCUT2D eigenvalue weighted by Crippen LogP contribution is -2.36. The van der Waals surface area contributed by atoms with E-state index in [-0.39, 0.29) is 11.7 Å². The molecule has 0 N–H and O–H groups in total. The Labute approximate surface area is 170 Å². The van der Waals surface area contributed by atoms with E-state index in [1.54, 1.807) is 43.5 Å². The van der Waals surface area contributed by atoms with Crippen LogP contribution in [0.1, 0.15) is 5.76 Å².